The predicted octanol–water partition coefficient (Wildman–Crippen LogP) is 6.49. The lowest BCUT2D eigenvalue weighted by Gasteiger charge is -2.12. The second-order valence-electron chi connectivity index (χ2n) is 5.81. The summed E-state index contributed by atoms with van der Waals surface area (Å²) in [6.07, 6.45) is 11.5. The van der Waals surface area contributed by atoms with Gasteiger partial charge in [-0.1, -0.05) is 47.0 Å². The number of nitrogens with zero attached hydrogens (tertiary/aromatic N) is 1. The average Bonchev–Trinajstić information content (AvgIpc) is 2.37. The van der Waals surface area contributed by atoms with E-state index in [4.69, 9.17) is 11.6 Å². The maximum absolute atomic E-state index is 6.03. The number of halogens is 1. The summed E-state index contributed by atoms with van der Waals surface area (Å²) in [6.45, 7) is 10.5. The molecule has 1 rings (SSSR count). The third-order valence-electron chi connectivity index (χ3n) is 2.93. The molecule has 1 nitrogen and oxygen atoms in total. The molecule has 0 spiro atoms. The van der Waals surface area contributed by atoms with Crippen LogP contribution in [0.25, 0.3) is 0 Å². The third kappa shape index (κ3) is 7.33. The van der Waals surface area contributed by atoms with Crippen LogP contribution in [-0.4, -0.2) is 4.90 Å². The van der Waals surface area contributed by atoms with Gasteiger partial charge in [0.15, 0.2) is 0 Å². The molecule has 0 bridgehead atoms. The van der Waals surface area contributed by atoms with E-state index in [-0.39, 0.29) is 0 Å². The zero-order valence-corrected chi connectivity index (χ0v) is 15.0. The molecule has 0 radical (unpaired) electrons. The van der Waals surface area contributed by atoms with Gasteiger partial charge in [0, 0.05) is 23.6 Å². The van der Waals surface area contributed by atoms with Crippen molar-refractivity contribution in [1.29, 1.82) is 0 Å². The second-order valence-corrected chi connectivity index (χ2v) is 6.24. The van der Waals surface area contributed by atoms with Crippen LogP contribution in [0.3, 0.4) is 0 Å². The van der Waals surface area contributed by atoms with Gasteiger partial charge in [0.1, 0.15) is 0 Å². The van der Waals surface area contributed by atoms with Crippen LogP contribution in [0.2, 0.25) is 5.02 Å². The topological polar surface area (TPSA) is 3.24 Å². The van der Waals surface area contributed by atoms with Crippen LogP contribution in [0.1, 0.15) is 40.2 Å². The Kier molecular flexibility index (Phi) is 7.76. The first kappa shape index (κ1) is 18.3. The normalized spacial score (nSPS) is 12.6. The van der Waals surface area contributed by atoms with E-state index in [2.05, 4.69) is 63.3 Å². The zero-order chi connectivity index (χ0) is 16.5. The number of allylic oxidation sites excluding steroid dienone is 5. The van der Waals surface area contributed by atoms with E-state index in [0.717, 1.165) is 11.4 Å². The van der Waals surface area contributed by atoms with Gasteiger partial charge in [0.2, 0.25) is 0 Å². The molecule has 0 amide bonds. The zero-order valence-electron chi connectivity index (χ0n) is 14.2. The molecule has 0 aromatic heterocycles. The van der Waals surface area contributed by atoms with Crippen molar-refractivity contribution < 1.29 is 0 Å². The van der Waals surface area contributed by atoms with Gasteiger partial charge in [-0.2, -0.15) is 0 Å². The Morgan fingerprint density at radius 2 is 1.86 bits per heavy atom. The van der Waals surface area contributed by atoms with Crippen LogP contribution in [0, 0.1) is 0 Å². The predicted molar refractivity (Wildman–Crippen MR) is 98.8 cm³/mol. The van der Waals surface area contributed by atoms with Crippen molar-refractivity contribution in [3.8, 4) is 0 Å². The lowest BCUT2D eigenvalue weighted by atomic mass is 10.0. The molecule has 2 heteroatoms. The van der Waals surface area contributed by atoms with Crippen LogP contribution in [0.4, 0.5) is 0 Å². The molecule has 0 fully saturated rings. The maximum atomic E-state index is 6.03. The average molecular weight is 316 g/mol. The monoisotopic (exact) mass is 315 g/mol. The maximum Gasteiger partial charge on any atom is 0.0408 e. The van der Waals surface area contributed by atoms with Crippen molar-refractivity contribution in [3.63, 3.8) is 0 Å². The highest BCUT2D eigenvalue weighted by atomic mass is 35.5. The van der Waals surface area contributed by atoms with Crippen molar-refractivity contribution in [2.45, 2.75) is 41.0 Å². The number of hydrogen-bond donors (Lipinski definition) is 0. The minimum atomic E-state index is 0.792. The van der Waals surface area contributed by atoms with Gasteiger partial charge in [0.05, 0.1) is 0 Å². The fourth-order valence-corrected chi connectivity index (χ4v) is 2.49. The van der Waals surface area contributed by atoms with E-state index < -0.39 is 0 Å². The van der Waals surface area contributed by atoms with E-state index in [9.17, 15) is 0 Å². The Balaban J connectivity index is 2.84. The minimum absolute atomic E-state index is 0.792. The van der Waals surface area contributed by atoms with E-state index in [0.29, 0.717) is 0 Å². The standard InChI is InChI=1S/C20H26ClN/c1-6-10-22(14-16(2)3)15-18(5)11-17(4)12-19-8-7-9-20(21)13-19/h6-11,13-15H,12H2,1-5H3/b10-6+,17-11+,18-15-. The largest absolute Gasteiger partial charge is 0.331 e. The lowest BCUT2D eigenvalue weighted by Crippen LogP contribution is -2.01. The van der Waals surface area contributed by atoms with Crippen LogP contribution in [0.5, 0.6) is 0 Å². The summed E-state index contributed by atoms with van der Waals surface area (Å²) >= 11 is 6.03. The summed E-state index contributed by atoms with van der Waals surface area (Å²) in [6, 6.07) is 8.03. The lowest BCUT2D eigenvalue weighted by molar-refractivity contribution is 0.677. The summed E-state index contributed by atoms with van der Waals surface area (Å²) in [7, 11) is 0. The smallest absolute Gasteiger partial charge is 0.0408 e. The fourth-order valence-electron chi connectivity index (χ4n) is 2.27. The molecule has 0 heterocycles. The number of hydrogen-bond acceptors (Lipinski definition) is 1. The Bertz CT molecular complexity index is 602. The van der Waals surface area contributed by atoms with Gasteiger partial charge in [-0.3, -0.25) is 0 Å². The van der Waals surface area contributed by atoms with Crippen molar-refractivity contribution >= 4 is 11.6 Å². The molecule has 0 saturated heterocycles. The van der Waals surface area contributed by atoms with Gasteiger partial charge >= 0.3 is 0 Å². The molecular formula is C20H26ClN. The van der Waals surface area contributed by atoms with Crippen LogP contribution in [-0.2, 0) is 6.42 Å². The summed E-state index contributed by atoms with van der Waals surface area (Å²) in [5, 5.41) is 0.792. The van der Waals surface area contributed by atoms with Gasteiger partial charge in [-0.25, -0.2) is 0 Å². The van der Waals surface area contributed by atoms with Gasteiger partial charge < -0.3 is 4.90 Å². The first-order chi connectivity index (χ1) is 10.4. The van der Waals surface area contributed by atoms with Crippen LogP contribution >= 0.6 is 11.6 Å². The summed E-state index contributed by atoms with van der Waals surface area (Å²) in [5.41, 5.74) is 5.04. The van der Waals surface area contributed by atoms with Crippen molar-refractivity contribution in [3.05, 3.63) is 82.3 Å². The fraction of sp³-hybridized carbons (Fsp3) is 0.300. The second kappa shape index (κ2) is 9.32. The molecule has 22 heavy (non-hydrogen) atoms. The molecular weight excluding hydrogens is 290 g/mol. The highest BCUT2D eigenvalue weighted by Crippen LogP contribution is 2.15. The molecule has 0 saturated carbocycles. The SMILES string of the molecule is C/C=C/N(C=C(C)C)/C=C(C)\C=C(/C)Cc1cccc(Cl)c1. The molecule has 118 valence electrons. The number of rotatable bonds is 6. The van der Waals surface area contributed by atoms with E-state index in [1.807, 2.05) is 31.2 Å². The van der Waals surface area contributed by atoms with Gasteiger partial charge in [0.25, 0.3) is 0 Å². The minimum Gasteiger partial charge on any atom is -0.331 e. The Labute approximate surface area is 140 Å². The Morgan fingerprint density at radius 1 is 1.14 bits per heavy atom. The molecule has 1 aromatic carbocycles. The van der Waals surface area contributed by atoms with Gasteiger partial charge in [-0.05, 0) is 64.3 Å². The summed E-state index contributed by atoms with van der Waals surface area (Å²) in [4.78, 5) is 2.09. The van der Waals surface area contributed by atoms with Crippen molar-refractivity contribution in [2.75, 3.05) is 0 Å². The Morgan fingerprint density at radius 3 is 2.45 bits per heavy atom. The highest BCUT2D eigenvalue weighted by Gasteiger charge is 1.97. The first-order valence-corrected chi connectivity index (χ1v) is 7.94. The third-order valence-corrected chi connectivity index (χ3v) is 3.16. The van der Waals surface area contributed by atoms with E-state index in [1.54, 1.807) is 0 Å². The van der Waals surface area contributed by atoms with Crippen molar-refractivity contribution in [2.24, 2.45) is 0 Å². The van der Waals surface area contributed by atoms with Crippen LogP contribution in [0.15, 0.2) is 71.7 Å². The molecule has 0 aliphatic carbocycles. The van der Waals surface area contributed by atoms with E-state index >= 15 is 0 Å². The quantitative estimate of drug-likeness (QED) is 0.542. The summed E-state index contributed by atoms with van der Waals surface area (Å²) in [5.74, 6) is 0. The van der Waals surface area contributed by atoms with Crippen molar-refractivity contribution in [1.82, 2.24) is 4.90 Å². The number of benzene rings is 1. The first-order valence-electron chi connectivity index (χ1n) is 7.56. The van der Waals surface area contributed by atoms with Crippen LogP contribution < -0.4 is 0 Å². The molecule has 0 unspecified atom stereocenters. The molecule has 0 aliphatic heterocycles. The van der Waals surface area contributed by atoms with Gasteiger partial charge in [-0.15, -0.1) is 0 Å². The molecule has 0 atom stereocenters. The molecule has 1 aromatic rings. The summed E-state index contributed by atoms with van der Waals surface area (Å²) < 4.78 is 0. The molecule has 0 N–H and O–H groups in total. The molecule has 0 aliphatic rings. The Hall–Kier alpha value is -1.73. The van der Waals surface area contributed by atoms with E-state index in [1.165, 1.54) is 22.3 Å². The highest BCUT2D eigenvalue weighted by molar-refractivity contribution is 6.30.